The molecule has 0 radical (unpaired) electrons. The van der Waals surface area contributed by atoms with Crippen molar-refractivity contribution in [2.24, 2.45) is 5.73 Å². The van der Waals surface area contributed by atoms with E-state index in [1.54, 1.807) is 6.92 Å². The van der Waals surface area contributed by atoms with Gasteiger partial charge in [-0.2, -0.15) is 0 Å². The molecule has 1 aliphatic carbocycles. The van der Waals surface area contributed by atoms with Crippen LogP contribution in [0.1, 0.15) is 24.0 Å². The second-order valence-electron chi connectivity index (χ2n) is 4.20. The molecule has 1 aromatic carbocycles. The van der Waals surface area contributed by atoms with E-state index < -0.39 is 11.6 Å². The molecule has 0 amide bonds. The van der Waals surface area contributed by atoms with Gasteiger partial charge >= 0.3 is 0 Å². The summed E-state index contributed by atoms with van der Waals surface area (Å²) < 4.78 is 26.8. The van der Waals surface area contributed by atoms with Crippen molar-refractivity contribution in [3.8, 4) is 0 Å². The molecule has 14 heavy (non-hydrogen) atoms. The molecule has 2 rings (SSSR count). The molecule has 0 saturated heterocycles. The van der Waals surface area contributed by atoms with Crippen molar-refractivity contribution in [2.75, 3.05) is 0 Å². The largest absolute Gasteiger partial charge is 0.325 e. The highest BCUT2D eigenvalue weighted by Gasteiger charge is 2.39. The van der Waals surface area contributed by atoms with Crippen LogP contribution in [0.2, 0.25) is 0 Å². The molecule has 0 aliphatic heterocycles. The Morgan fingerprint density at radius 2 is 2.00 bits per heavy atom. The molecule has 1 aromatic rings. The second-order valence-corrected chi connectivity index (χ2v) is 4.20. The molecule has 1 aliphatic rings. The standard InChI is InChI=1S/C11H13F2N/c1-7-2-3-9(12)8(10(7)13)6-11(14)4-5-11/h2-3H,4-6,14H2,1H3. The molecule has 2 N–H and O–H groups in total. The lowest BCUT2D eigenvalue weighted by Crippen LogP contribution is -2.25. The molecule has 0 atom stereocenters. The van der Waals surface area contributed by atoms with E-state index >= 15 is 0 Å². The summed E-state index contributed by atoms with van der Waals surface area (Å²) in [6, 6.07) is 2.75. The van der Waals surface area contributed by atoms with Crippen LogP contribution in [0.25, 0.3) is 0 Å². The van der Waals surface area contributed by atoms with Crippen LogP contribution in [0, 0.1) is 18.6 Å². The number of hydrogen-bond donors (Lipinski definition) is 1. The van der Waals surface area contributed by atoms with Crippen LogP contribution < -0.4 is 5.73 Å². The topological polar surface area (TPSA) is 26.0 Å². The maximum absolute atomic E-state index is 13.5. The zero-order chi connectivity index (χ0) is 10.3. The summed E-state index contributed by atoms with van der Waals surface area (Å²) in [4.78, 5) is 0. The molecule has 1 nitrogen and oxygen atoms in total. The highest BCUT2D eigenvalue weighted by Crippen LogP contribution is 2.37. The maximum atomic E-state index is 13.5. The first-order valence-electron chi connectivity index (χ1n) is 4.74. The van der Waals surface area contributed by atoms with Crippen molar-refractivity contribution in [3.05, 3.63) is 34.9 Å². The number of aryl methyl sites for hydroxylation is 1. The summed E-state index contributed by atoms with van der Waals surface area (Å²) >= 11 is 0. The van der Waals surface area contributed by atoms with Crippen molar-refractivity contribution in [1.29, 1.82) is 0 Å². The Bertz CT molecular complexity index is 370. The third-order valence-corrected chi connectivity index (χ3v) is 2.80. The monoisotopic (exact) mass is 197 g/mol. The van der Waals surface area contributed by atoms with E-state index in [2.05, 4.69) is 0 Å². The fourth-order valence-electron chi connectivity index (χ4n) is 1.57. The van der Waals surface area contributed by atoms with Gasteiger partial charge in [0.1, 0.15) is 11.6 Å². The molecule has 76 valence electrons. The zero-order valence-corrected chi connectivity index (χ0v) is 8.11. The predicted molar refractivity (Wildman–Crippen MR) is 51.0 cm³/mol. The lowest BCUT2D eigenvalue weighted by Gasteiger charge is -2.11. The number of hydrogen-bond acceptors (Lipinski definition) is 1. The lowest BCUT2D eigenvalue weighted by atomic mass is 10.0. The molecule has 0 bridgehead atoms. The van der Waals surface area contributed by atoms with E-state index in [1.807, 2.05) is 0 Å². The molecular formula is C11H13F2N. The molecular weight excluding hydrogens is 184 g/mol. The molecule has 1 fully saturated rings. The van der Waals surface area contributed by atoms with Gasteiger partial charge in [0, 0.05) is 11.1 Å². The lowest BCUT2D eigenvalue weighted by molar-refractivity contribution is 0.527. The minimum absolute atomic E-state index is 0.144. The fourth-order valence-corrected chi connectivity index (χ4v) is 1.57. The second kappa shape index (κ2) is 3.02. The summed E-state index contributed by atoms with van der Waals surface area (Å²) in [7, 11) is 0. The summed E-state index contributed by atoms with van der Waals surface area (Å²) in [5, 5.41) is 0. The minimum Gasteiger partial charge on any atom is -0.325 e. The van der Waals surface area contributed by atoms with Crippen LogP contribution in [0.5, 0.6) is 0 Å². The van der Waals surface area contributed by atoms with E-state index in [-0.39, 0.29) is 11.1 Å². The summed E-state index contributed by atoms with van der Waals surface area (Å²) in [5.74, 6) is -0.924. The molecule has 0 spiro atoms. The third kappa shape index (κ3) is 1.64. The molecule has 0 unspecified atom stereocenters. The maximum Gasteiger partial charge on any atom is 0.132 e. The van der Waals surface area contributed by atoms with Crippen LogP contribution in [0.3, 0.4) is 0 Å². The number of halogens is 2. The van der Waals surface area contributed by atoms with Gasteiger partial charge < -0.3 is 5.73 Å². The van der Waals surface area contributed by atoms with Gasteiger partial charge in [-0.25, -0.2) is 8.78 Å². The average molecular weight is 197 g/mol. The highest BCUT2D eigenvalue weighted by molar-refractivity contribution is 5.29. The van der Waals surface area contributed by atoms with Gasteiger partial charge in [0.15, 0.2) is 0 Å². The van der Waals surface area contributed by atoms with Gasteiger partial charge in [0.25, 0.3) is 0 Å². The first-order valence-corrected chi connectivity index (χ1v) is 4.74. The van der Waals surface area contributed by atoms with Crippen LogP contribution in [-0.2, 0) is 6.42 Å². The molecule has 0 heterocycles. The summed E-state index contributed by atoms with van der Waals surface area (Å²) in [6.45, 7) is 1.63. The van der Waals surface area contributed by atoms with E-state index in [0.29, 0.717) is 12.0 Å². The minimum atomic E-state index is -0.482. The Labute approximate surface area is 81.9 Å². The van der Waals surface area contributed by atoms with Crippen molar-refractivity contribution >= 4 is 0 Å². The predicted octanol–water partition coefficient (Wildman–Crippen LogP) is 2.31. The smallest absolute Gasteiger partial charge is 0.132 e. The van der Waals surface area contributed by atoms with Gasteiger partial charge in [0.05, 0.1) is 0 Å². The molecule has 3 heteroatoms. The Hall–Kier alpha value is -0.960. The van der Waals surface area contributed by atoms with Gasteiger partial charge in [0.2, 0.25) is 0 Å². The first-order chi connectivity index (χ1) is 6.52. The van der Waals surface area contributed by atoms with Crippen molar-refractivity contribution in [2.45, 2.75) is 31.7 Å². The Morgan fingerprint density at radius 3 is 2.57 bits per heavy atom. The van der Waals surface area contributed by atoms with Crippen LogP contribution in [0.15, 0.2) is 12.1 Å². The van der Waals surface area contributed by atoms with E-state index in [4.69, 9.17) is 5.73 Å². The van der Waals surface area contributed by atoms with Crippen molar-refractivity contribution in [1.82, 2.24) is 0 Å². The van der Waals surface area contributed by atoms with E-state index in [9.17, 15) is 8.78 Å². The first kappa shape index (κ1) is 9.59. The van der Waals surface area contributed by atoms with Crippen LogP contribution >= 0.6 is 0 Å². The number of rotatable bonds is 2. The van der Waals surface area contributed by atoms with Gasteiger partial charge in [-0.05, 0) is 37.8 Å². The quantitative estimate of drug-likeness (QED) is 0.773. The van der Waals surface area contributed by atoms with Gasteiger partial charge in [-0.1, -0.05) is 6.07 Å². The third-order valence-electron chi connectivity index (χ3n) is 2.80. The van der Waals surface area contributed by atoms with Crippen LogP contribution in [-0.4, -0.2) is 5.54 Å². The van der Waals surface area contributed by atoms with E-state index in [0.717, 1.165) is 12.8 Å². The van der Waals surface area contributed by atoms with Gasteiger partial charge in [-0.15, -0.1) is 0 Å². The van der Waals surface area contributed by atoms with Gasteiger partial charge in [-0.3, -0.25) is 0 Å². The molecule has 0 aromatic heterocycles. The number of benzene rings is 1. The SMILES string of the molecule is Cc1ccc(F)c(CC2(N)CC2)c1F. The Kier molecular flexibility index (Phi) is 2.07. The summed E-state index contributed by atoms with van der Waals surface area (Å²) in [5.41, 5.74) is 6.10. The van der Waals surface area contributed by atoms with Crippen molar-refractivity contribution < 1.29 is 8.78 Å². The van der Waals surface area contributed by atoms with Crippen molar-refractivity contribution in [3.63, 3.8) is 0 Å². The zero-order valence-electron chi connectivity index (χ0n) is 8.11. The highest BCUT2D eigenvalue weighted by atomic mass is 19.1. The van der Waals surface area contributed by atoms with E-state index in [1.165, 1.54) is 12.1 Å². The number of nitrogens with two attached hydrogens (primary N) is 1. The normalized spacial score (nSPS) is 18.3. The average Bonchev–Trinajstić information content (AvgIpc) is 2.86. The Morgan fingerprint density at radius 1 is 1.36 bits per heavy atom. The summed E-state index contributed by atoms with van der Waals surface area (Å²) in [6.07, 6.45) is 2.03. The molecule has 1 saturated carbocycles. The fraction of sp³-hybridized carbons (Fsp3) is 0.455. The van der Waals surface area contributed by atoms with Crippen LogP contribution in [0.4, 0.5) is 8.78 Å². The Balaban J connectivity index is 2.35.